The molecule has 12 heterocycles. The van der Waals surface area contributed by atoms with Crippen molar-refractivity contribution in [1.82, 2.24) is 69.4 Å². The van der Waals surface area contributed by atoms with E-state index in [0.29, 0.717) is 30.9 Å². The van der Waals surface area contributed by atoms with Gasteiger partial charge in [-0.15, -0.1) is 0 Å². The van der Waals surface area contributed by atoms with E-state index in [0.717, 1.165) is 52.1 Å². The molecule has 1 aliphatic rings. The Hall–Kier alpha value is -15.9. The maximum absolute atomic E-state index is 13.1. The first kappa shape index (κ1) is 84.6. The number of carboxylic acid groups (broad SMARTS) is 1. The molecule has 0 saturated heterocycles. The number of hydrogen-bond acceptors (Lipinski definition) is 29. The standard InChI is InChI=1S/C22H17N5O5S.C21H16N4O6S.C21H16N4O3S.C19H12N4O6S/c28-20-18-7-2-10-23-21(18)27(25-19(20)22(29)24-14-8-9-14)15-4-1-5-16(12-15)33(31,32)17-6-3-11-26(30)13-17;1-2-31-21(27)18-19(26)17-9-4-10-22-20(17)25(23-18)14-6-3-7-15(12-14)32(29,30)16-8-5-11-24(28)13-16;1-2-28-21(27)18-19(26)17-9-5-11-23-20(17)25(24-18)14-6-3-7-15(12-14)29-16-8-4-10-22-13-16;24-17-15-7-2-8-20-18(15)23(21-16(17)19(25)26)12-4-1-5-13(10-12)30(28,29)14-6-3-9-22(27)11-14/h1-7,10-14H,8-9H2,(H,24,29);3-13H,2H2,1H3;3-13H,2H2,1H3;1-11H,(H,25,26). The van der Waals surface area contributed by atoms with Gasteiger partial charge >= 0.3 is 17.9 Å². The van der Waals surface area contributed by atoms with Gasteiger partial charge in [-0.05, 0) is 178 Å². The van der Waals surface area contributed by atoms with Crippen LogP contribution in [0.15, 0.2) is 327 Å². The van der Waals surface area contributed by atoms with Crippen LogP contribution in [0.2, 0.25) is 0 Å². The van der Waals surface area contributed by atoms with Crippen molar-refractivity contribution in [3.8, 4) is 22.7 Å². The molecule has 622 valence electrons. The van der Waals surface area contributed by atoms with Crippen molar-refractivity contribution in [2.75, 3.05) is 13.2 Å². The highest BCUT2D eigenvalue weighted by atomic mass is 32.2. The lowest BCUT2D eigenvalue weighted by Crippen LogP contribution is -2.33. The number of rotatable bonds is 19. The quantitative estimate of drug-likeness (QED) is 0.0466. The van der Waals surface area contributed by atoms with Gasteiger partial charge in [-0.1, -0.05) is 36.0 Å². The third-order valence-electron chi connectivity index (χ3n) is 18.1. The molecule has 1 aliphatic carbocycles. The van der Waals surface area contributed by atoms with Crippen LogP contribution in [0.5, 0.6) is 0 Å². The molecule has 17 rings (SSSR count). The van der Waals surface area contributed by atoms with Crippen LogP contribution in [0.25, 0.3) is 66.9 Å². The van der Waals surface area contributed by atoms with Gasteiger partial charge in [-0.3, -0.25) is 29.0 Å². The molecule has 1 fully saturated rings. The van der Waals surface area contributed by atoms with Crippen molar-refractivity contribution in [3.63, 3.8) is 0 Å². The second-order valence-corrected chi connectivity index (χ2v) is 33.3. The van der Waals surface area contributed by atoms with Gasteiger partial charge in [-0.25, -0.2) is 78.3 Å². The van der Waals surface area contributed by atoms with E-state index in [-0.39, 0.29) is 110 Å². The van der Waals surface area contributed by atoms with Crippen molar-refractivity contribution < 1.29 is 73.2 Å². The van der Waals surface area contributed by atoms with Crippen LogP contribution in [-0.2, 0) is 39.0 Å². The molecular formula is C83H61N17O20S4. The number of pyridine rings is 8. The Morgan fingerprint density at radius 2 is 0.742 bits per heavy atom. The van der Waals surface area contributed by atoms with Gasteiger partial charge in [0.1, 0.15) is 14.7 Å². The van der Waals surface area contributed by atoms with Gasteiger partial charge in [0, 0.05) is 71.2 Å². The topological polar surface area (TPSA) is 506 Å². The number of nitrogens with one attached hydrogen (secondary N) is 1. The summed E-state index contributed by atoms with van der Waals surface area (Å²) in [5, 5.41) is 63.8. The van der Waals surface area contributed by atoms with E-state index in [9.17, 15) is 84.3 Å². The summed E-state index contributed by atoms with van der Waals surface area (Å²) < 4.78 is 94.2. The first-order valence-electron chi connectivity index (χ1n) is 36.9. The average molecular weight is 1740 g/mol. The summed E-state index contributed by atoms with van der Waals surface area (Å²) in [6.07, 6.45) is 17.5. The molecular weight excluding hydrogens is 1680 g/mol. The fraction of sp³-hybridized carbons (Fsp3) is 0.0843. The van der Waals surface area contributed by atoms with Crippen molar-refractivity contribution in [1.29, 1.82) is 0 Å². The third kappa shape index (κ3) is 18.0. The molecule has 1 amide bonds. The second-order valence-electron chi connectivity index (χ2n) is 26.3. The van der Waals surface area contributed by atoms with Crippen molar-refractivity contribution in [2.45, 2.75) is 71.9 Å². The number of amides is 1. The number of carboxylic acids is 1. The number of esters is 2. The van der Waals surface area contributed by atoms with E-state index in [1.807, 2.05) is 36.4 Å². The Bertz CT molecular complexity index is 7590. The maximum atomic E-state index is 13.1. The number of hydrogen-bond donors (Lipinski definition) is 2. The van der Waals surface area contributed by atoms with Crippen LogP contribution in [0, 0.1) is 15.6 Å². The van der Waals surface area contributed by atoms with E-state index in [4.69, 9.17) is 9.47 Å². The average Bonchev–Trinajstić information content (AvgIpc) is 0.913. The van der Waals surface area contributed by atoms with Crippen molar-refractivity contribution >= 4 is 109 Å². The maximum Gasteiger partial charge on any atom is 0.362 e. The molecule has 0 aliphatic heterocycles. The highest BCUT2D eigenvalue weighted by Gasteiger charge is 2.31. The minimum Gasteiger partial charge on any atom is -0.619 e. The van der Waals surface area contributed by atoms with Crippen LogP contribution in [0.4, 0.5) is 0 Å². The SMILES string of the molecule is CCOC(=O)c1nn(-c2cccc(S(=O)(=O)c3ccc[n+]([O-])c3)c2)c2ncccc2c1=O.CCOC(=O)c1nn(-c2cccc(Sc3cccnc3)c2)c2ncccc2c1=O.O=C(NC1CC1)c1nn(-c2cccc(S(=O)(=O)c3ccc[n+]([O-])c3)c2)c2ncccc2c1=O.O=C(O)c1nn(-c2cccc(S(=O)(=O)c3ccc[n+]([O-])c3)c2)c2ncccc2c1=O. The first-order valence-corrected chi connectivity index (χ1v) is 42.1. The second kappa shape index (κ2) is 36.0. The molecule has 16 aromatic rings. The highest BCUT2D eigenvalue weighted by molar-refractivity contribution is 7.99. The van der Waals surface area contributed by atoms with Gasteiger partial charge in [0.15, 0.2) is 65.5 Å². The molecule has 37 nitrogen and oxygen atoms in total. The summed E-state index contributed by atoms with van der Waals surface area (Å²) in [6, 6.07) is 48.8. The van der Waals surface area contributed by atoms with Crippen molar-refractivity contribution in [2.24, 2.45) is 0 Å². The fourth-order valence-electron chi connectivity index (χ4n) is 12.2. The predicted molar refractivity (Wildman–Crippen MR) is 441 cm³/mol. The fourth-order valence-corrected chi connectivity index (χ4v) is 16.9. The van der Waals surface area contributed by atoms with Gasteiger partial charge in [0.2, 0.25) is 68.3 Å². The number of carbonyl (C=O) groups is 4. The van der Waals surface area contributed by atoms with Gasteiger partial charge < -0.3 is 35.5 Å². The zero-order chi connectivity index (χ0) is 87.7. The number of ether oxygens (including phenoxy) is 2. The largest absolute Gasteiger partial charge is 0.619 e. The van der Waals surface area contributed by atoms with Gasteiger partial charge in [0.25, 0.3) is 5.91 Å². The van der Waals surface area contributed by atoms with Crippen LogP contribution in [0.3, 0.4) is 0 Å². The summed E-state index contributed by atoms with van der Waals surface area (Å²) in [5.41, 5.74) is -2.10. The van der Waals surface area contributed by atoms with Crippen LogP contribution < -0.4 is 41.2 Å². The van der Waals surface area contributed by atoms with Crippen molar-refractivity contribution in [3.05, 3.63) is 348 Å². The molecule has 0 unspecified atom stereocenters. The summed E-state index contributed by atoms with van der Waals surface area (Å²) in [4.78, 5) is 121. The molecule has 4 aromatic carbocycles. The summed E-state index contributed by atoms with van der Waals surface area (Å²) in [6.45, 7) is 3.48. The van der Waals surface area contributed by atoms with E-state index in [2.05, 4.69) is 50.6 Å². The number of aromatic carboxylic acids is 1. The number of carbonyl (C=O) groups excluding carboxylic acids is 3. The Morgan fingerprint density at radius 1 is 0.419 bits per heavy atom. The zero-order valence-corrected chi connectivity index (χ0v) is 67.6. The monoisotopic (exact) mass is 1740 g/mol. The molecule has 124 heavy (non-hydrogen) atoms. The Morgan fingerprint density at radius 3 is 1.09 bits per heavy atom. The Balaban J connectivity index is 0.000000135. The zero-order valence-electron chi connectivity index (χ0n) is 64.3. The molecule has 0 bridgehead atoms. The first-order chi connectivity index (χ1) is 59.6. The number of sulfone groups is 3. The lowest BCUT2D eigenvalue weighted by atomic mass is 10.2. The van der Waals surface area contributed by atoms with E-state index in [1.165, 1.54) is 172 Å². The Kier molecular flexibility index (Phi) is 24.5. The van der Waals surface area contributed by atoms with Gasteiger partial charge in [0.05, 0.1) is 72.2 Å². The van der Waals surface area contributed by atoms with E-state index >= 15 is 0 Å². The minimum atomic E-state index is -4.04. The van der Waals surface area contributed by atoms with Crippen LogP contribution in [-0.4, -0.2) is 137 Å². The number of benzene rings is 4. The highest BCUT2D eigenvalue weighted by Crippen LogP contribution is 2.31. The predicted octanol–water partition coefficient (Wildman–Crippen LogP) is 7.01. The molecule has 0 spiro atoms. The third-order valence-corrected chi connectivity index (χ3v) is 24.3. The van der Waals surface area contributed by atoms with Crippen LogP contribution in [0.1, 0.15) is 68.6 Å². The van der Waals surface area contributed by atoms with Gasteiger partial charge in [-0.2, -0.15) is 34.6 Å². The minimum absolute atomic E-state index is 0.0219. The molecule has 0 radical (unpaired) electrons. The smallest absolute Gasteiger partial charge is 0.362 e. The van der Waals surface area contributed by atoms with E-state index in [1.54, 1.807) is 74.5 Å². The number of aromatic nitrogens is 16. The normalized spacial score (nSPS) is 11.9. The number of fused-ring (bicyclic) bond motifs is 4. The summed E-state index contributed by atoms with van der Waals surface area (Å²) in [7, 11) is -12.1. The number of nitrogens with zero attached hydrogens (tertiary/aromatic N) is 16. The molecule has 0 atom stereocenters. The summed E-state index contributed by atoms with van der Waals surface area (Å²) >= 11 is 1.55. The molecule has 12 aromatic heterocycles. The van der Waals surface area contributed by atoms with Crippen LogP contribution >= 0.6 is 11.8 Å². The summed E-state index contributed by atoms with van der Waals surface area (Å²) in [5.74, 6) is -3.76. The molecule has 2 N–H and O–H groups in total. The lowest BCUT2D eigenvalue weighted by Gasteiger charge is -2.12. The molecule has 1 saturated carbocycles. The lowest BCUT2D eigenvalue weighted by molar-refractivity contribution is -0.607. The molecule has 41 heteroatoms. The Labute approximate surface area is 703 Å². The van der Waals surface area contributed by atoms with E-state index < -0.39 is 86.4 Å².